The second-order valence-electron chi connectivity index (χ2n) is 11.0. The van der Waals surface area contributed by atoms with Crippen molar-refractivity contribution in [3.05, 3.63) is 59.3 Å². The molecule has 192 valence electrons. The Balaban J connectivity index is 1.48. The maximum atomic E-state index is 14.3. The molecule has 0 bridgehead atoms. The number of carbonyl (C=O) groups is 1. The normalized spacial score (nSPS) is 20.6. The summed E-state index contributed by atoms with van der Waals surface area (Å²) < 4.78 is 16.4. The number of halogens is 1. The van der Waals surface area contributed by atoms with E-state index in [1.165, 1.54) is 49.0 Å². The topological polar surface area (TPSA) is 53.4 Å². The van der Waals surface area contributed by atoms with Crippen molar-refractivity contribution < 1.29 is 9.18 Å². The van der Waals surface area contributed by atoms with Crippen LogP contribution in [0.3, 0.4) is 0 Å². The fraction of sp³-hybridized carbons (Fsp3) is 0.517. The molecule has 0 aliphatic carbocycles. The van der Waals surface area contributed by atoms with Gasteiger partial charge in [-0.15, -0.1) is 0 Å². The molecule has 5 rings (SSSR count). The summed E-state index contributed by atoms with van der Waals surface area (Å²) in [5.74, 6) is 0.787. The van der Waals surface area contributed by atoms with Gasteiger partial charge in [-0.1, -0.05) is 0 Å². The van der Waals surface area contributed by atoms with Crippen molar-refractivity contribution in [2.24, 2.45) is 11.8 Å². The highest BCUT2D eigenvalue weighted by atomic mass is 19.1. The molecule has 6 nitrogen and oxygen atoms in total. The lowest BCUT2D eigenvalue weighted by molar-refractivity contribution is 0.0754. The van der Waals surface area contributed by atoms with Gasteiger partial charge in [0.1, 0.15) is 5.82 Å². The van der Waals surface area contributed by atoms with Crippen molar-refractivity contribution >= 4 is 16.8 Å². The number of amides is 1. The van der Waals surface area contributed by atoms with Crippen LogP contribution in [0.15, 0.2) is 36.8 Å². The molecule has 3 aromatic rings. The lowest BCUT2D eigenvalue weighted by Gasteiger charge is -2.23. The van der Waals surface area contributed by atoms with E-state index >= 15 is 0 Å². The molecule has 2 aromatic heterocycles. The minimum Gasteiger partial charge on any atom is -0.339 e. The zero-order chi connectivity index (χ0) is 25.4. The minimum absolute atomic E-state index is 0.0137. The summed E-state index contributed by atoms with van der Waals surface area (Å²) in [6, 6.07) is 4.52. The summed E-state index contributed by atoms with van der Waals surface area (Å²) in [6.07, 6.45) is 9.41. The Kier molecular flexibility index (Phi) is 7.13. The van der Waals surface area contributed by atoms with E-state index in [9.17, 15) is 9.18 Å². The number of hydrogen-bond acceptors (Lipinski definition) is 4. The predicted molar refractivity (Wildman–Crippen MR) is 142 cm³/mol. The molecule has 2 atom stereocenters. The SMILES string of the molecule is Cc1cncc2c1c(C[C@H]1CCN(CC3CCNC3)C1)cn2-c1ccc(F)cc1C(=O)N(C)C(C)C. The van der Waals surface area contributed by atoms with E-state index in [2.05, 4.69) is 28.3 Å². The largest absolute Gasteiger partial charge is 0.339 e. The first-order valence-corrected chi connectivity index (χ1v) is 13.3. The van der Waals surface area contributed by atoms with Gasteiger partial charge in [0, 0.05) is 44.0 Å². The second-order valence-corrected chi connectivity index (χ2v) is 11.0. The molecule has 0 spiro atoms. The van der Waals surface area contributed by atoms with Gasteiger partial charge in [0.2, 0.25) is 0 Å². The minimum atomic E-state index is -0.409. The first kappa shape index (κ1) is 24.9. The molecule has 0 radical (unpaired) electrons. The number of carbonyl (C=O) groups excluding carboxylic acids is 1. The maximum Gasteiger partial charge on any atom is 0.256 e. The number of nitrogens with zero attached hydrogens (tertiary/aromatic N) is 4. The maximum absolute atomic E-state index is 14.3. The highest BCUT2D eigenvalue weighted by Gasteiger charge is 2.28. The monoisotopic (exact) mass is 491 g/mol. The third kappa shape index (κ3) is 4.91. The number of benzene rings is 1. The number of aryl methyl sites for hydroxylation is 1. The van der Waals surface area contributed by atoms with Crippen LogP contribution in [0.5, 0.6) is 0 Å². The van der Waals surface area contributed by atoms with Gasteiger partial charge in [0.25, 0.3) is 5.91 Å². The van der Waals surface area contributed by atoms with E-state index in [0.29, 0.717) is 17.2 Å². The molecule has 7 heteroatoms. The van der Waals surface area contributed by atoms with Crippen molar-refractivity contribution in [2.75, 3.05) is 39.8 Å². The number of likely N-dealkylation sites (tertiary alicyclic amines) is 1. The first-order valence-electron chi connectivity index (χ1n) is 13.3. The summed E-state index contributed by atoms with van der Waals surface area (Å²) >= 11 is 0. The lowest BCUT2D eigenvalue weighted by Crippen LogP contribution is -2.33. The average molecular weight is 492 g/mol. The van der Waals surface area contributed by atoms with Crippen molar-refractivity contribution in [1.82, 2.24) is 24.7 Å². The fourth-order valence-electron chi connectivity index (χ4n) is 5.90. The van der Waals surface area contributed by atoms with Gasteiger partial charge in [-0.05, 0) is 101 Å². The smallest absolute Gasteiger partial charge is 0.256 e. The third-order valence-electron chi connectivity index (χ3n) is 8.08. The number of nitrogens with one attached hydrogen (secondary N) is 1. The molecular weight excluding hydrogens is 453 g/mol. The summed E-state index contributed by atoms with van der Waals surface area (Å²) in [4.78, 5) is 22.1. The molecular formula is C29H38FN5O. The van der Waals surface area contributed by atoms with E-state index in [4.69, 9.17) is 0 Å². The van der Waals surface area contributed by atoms with Crippen molar-refractivity contribution in [1.29, 1.82) is 0 Å². The zero-order valence-electron chi connectivity index (χ0n) is 21.9. The molecule has 2 fully saturated rings. The van der Waals surface area contributed by atoms with Crippen LogP contribution in [0, 0.1) is 24.6 Å². The molecule has 0 saturated carbocycles. The average Bonchev–Trinajstić information content (AvgIpc) is 3.60. The van der Waals surface area contributed by atoms with Crippen LogP contribution in [0.1, 0.15) is 48.2 Å². The van der Waals surface area contributed by atoms with Crippen molar-refractivity contribution in [2.45, 2.75) is 46.1 Å². The highest BCUT2D eigenvalue weighted by molar-refractivity contribution is 5.99. The Morgan fingerprint density at radius 2 is 2.08 bits per heavy atom. The molecule has 2 aliphatic rings. The standard InChI is InChI=1S/C29H38FN5O/c1-19(2)33(4)29(36)25-12-24(30)5-6-26(25)35-18-23(28-20(3)13-32-15-27(28)35)11-21-8-10-34(16-21)17-22-7-9-31-14-22/h5-6,12-13,15,18-19,21-22,31H,7-11,14,16-17H2,1-4H3/t21-,22?/m1/s1. The quantitative estimate of drug-likeness (QED) is 0.531. The number of fused-ring (bicyclic) bond motifs is 1. The molecule has 4 heterocycles. The Bertz CT molecular complexity index is 1250. The molecule has 1 amide bonds. The van der Waals surface area contributed by atoms with Gasteiger partial charge in [-0.25, -0.2) is 4.39 Å². The van der Waals surface area contributed by atoms with Crippen molar-refractivity contribution in [3.63, 3.8) is 0 Å². The van der Waals surface area contributed by atoms with Crippen LogP contribution in [-0.4, -0.2) is 71.1 Å². The Hall–Kier alpha value is -2.77. The number of hydrogen-bond donors (Lipinski definition) is 1. The lowest BCUT2D eigenvalue weighted by atomic mass is 9.97. The van der Waals surface area contributed by atoms with Crippen LogP contribution in [0.25, 0.3) is 16.6 Å². The Morgan fingerprint density at radius 3 is 2.83 bits per heavy atom. The fourth-order valence-corrected chi connectivity index (χ4v) is 5.90. The van der Waals surface area contributed by atoms with Crippen LogP contribution in [0.2, 0.25) is 0 Å². The molecule has 1 unspecified atom stereocenters. The predicted octanol–water partition coefficient (Wildman–Crippen LogP) is 4.43. The van der Waals surface area contributed by atoms with Gasteiger partial charge >= 0.3 is 0 Å². The number of pyridine rings is 1. The van der Waals surface area contributed by atoms with Gasteiger partial charge < -0.3 is 19.7 Å². The van der Waals surface area contributed by atoms with E-state index in [0.717, 1.165) is 43.1 Å². The van der Waals surface area contributed by atoms with E-state index < -0.39 is 5.82 Å². The number of aromatic nitrogens is 2. The highest BCUT2D eigenvalue weighted by Crippen LogP contribution is 2.32. The van der Waals surface area contributed by atoms with Crippen LogP contribution in [-0.2, 0) is 6.42 Å². The van der Waals surface area contributed by atoms with Gasteiger partial charge in [0.05, 0.1) is 23.0 Å². The second kappa shape index (κ2) is 10.3. The van der Waals surface area contributed by atoms with E-state index in [-0.39, 0.29) is 11.9 Å². The van der Waals surface area contributed by atoms with Crippen LogP contribution >= 0.6 is 0 Å². The number of rotatable bonds is 7. The van der Waals surface area contributed by atoms with E-state index in [1.807, 2.05) is 30.8 Å². The van der Waals surface area contributed by atoms with E-state index in [1.54, 1.807) is 18.0 Å². The first-order chi connectivity index (χ1) is 17.3. The Labute approximate surface area is 213 Å². The molecule has 1 N–H and O–H groups in total. The molecule has 2 aliphatic heterocycles. The summed E-state index contributed by atoms with van der Waals surface area (Å²) in [5, 5.41) is 4.68. The summed E-state index contributed by atoms with van der Waals surface area (Å²) in [6.45, 7) is 11.8. The van der Waals surface area contributed by atoms with Crippen molar-refractivity contribution in [3.8, 4) is 5.69 Å². The van der Waals surface area contributed by atoms with Crippen LogP contribution < -0.4 is 5.32 Å². The Morgan fingerprint density at radius 1 is 1.25 bits per heavy atom. The molecule has 2 saturated heterocycles. The van der Waals surface area contributed by atoms with Crippen LogP contribution in [0.4, 0.5) is 4.39 Å². The molecule has 36 heavy (non-hydrogen) atoms. The van der Waals surface area contributed by atoms with Gasteiger partial charge in [-0.3, -0.25) is 9.78 Å². The zero-order valence-corrected chi connectivity index (χ0v) is 21.9. The summed E-state index contributed by atoms with van der Waals surface area (Å²) in [5.41, 5.74) is 4.43. The summed E-state index contributed by atoms with van der Waals surface area (Å²) in [7, 11) is 1.76. The molecule has 1 aromatic carbocycles. The van der Waals surface area contributed by atoms with Gasteiger partial charge in [0.15, 0.2) is 0 Å². The third-order valence-corrected chi connectivity index (χ3v) is 8.08. The van der Waals surface area contributed by atoms with Gasteiger partial charge in [-0.2, -0.15) is 0 Å².